The molecule has 0 unspecified atom stereocenters. The highest BCUT2D eigenvalue weighted by atomic mass is 16.6. The lowest BCUT2D eigenvalue weighted by Gasteiger charge is -2.30. The first-order chi connectivity index (χ1) is 13.3. The van der Waals surface area contributed by atoms with Crippen LogP contribution in [0.1, 0.15) is 43.2 Å². The molecule has 3 heterocycles. The van der Waals surface area contributed by atoms with E-state index in [1.54, 1.807) is 4.90 Å². The molecular weight excluding hydrogens is 354 g/mol. The molecule has 2 aliphatic rings. The normalized spacial score (nSPS) is 16.5. The zero-order chi connectivity index (χ0) is 19.9. The van der Waals surface area contributed by atoms with Crippen LogP contribution in [0.3, 0.4) is 0 Å². The van der Waals surface area contributed by atoms with E-state index in [1.807, 2.05) is 27.0 Å². The number of nitrogens with one attached hydrogen (secondary N) is 1. The van der Waals surface area contributed by atoms with E-state index in [4.69, 9.17) is 4.74 Å². The van der Waals surface area contributed by atoms with E-state index >= 15 is 0 Å². The van der Waals surface area contributed by atoms with Gasteiger partial charge < -0.3 is 15.0 Å². The SMILES string of the molecule is CN1Cc2ccc(Nc3ncc4c(n3)CN(C(=O)OC(C)(C)C)CC4)cc2C1. The van der Waals surface area contributed by atoms with Crippen molar-refractivity contribution in [2.75, 3.05) is 18.9 Å². The number of benzene rings is 1. The van der Waals surface area contributed by atoms with Gasteiger partial charge in [0.15, 0.2) is 0 Å². The Morgan fingerprint density at radius 3 is 2.71 bits per heavy atom. The first kappa shape index (κ1) is 18.7. The van der Waals surface area contributed by atoms with E-state index in [0.29, 0.717) is 19.0 Å². The van der Waals surface area contributed by atoms with Crippen LogP contribution in [0.5, 0.6) is 0 Å². The number of carbonyl (C=O) groups excluding carboxylic acids is 1. The van der Waals surface area contributed by atoms with Gasteiger partial charge in [-0.25, -0.2) is 14.8 Å². The standard InChI is InChI=1S/C21H27N5O2/c1-21(2,3)28-20(27)26-8-7-14-10-22-19(24-18(14)13-26)23-17-6-5-15-11-25(4)12-16(15)9-17/h5-6,9-10H,7-8,11-13H2,1-4H3,(H,22,23,24). The van der Waals surface area contributed by atoms with Crippen molar-refractivity contribution in [1.29, 1.82) is 0 Å². The average molecular weight is 381 g/mol. The molecule has 1 aromatic carbocycles. The number of hydrogen-bond donors (Lipinski definition) is 1. The van der Waals surface area contributed by atoms with Gasteiger partial charge in [0.1, 0.15) is 5.60 Å². The molecule has 0 aliphatic carbocycles. The minimum atomic E-state index is -0.503. The molecule has 0 fully saturated rings. The summed E-state index contributed by atoms with van der Waals surface area (Å²) in [5, 5.41) is 3.31. The van der Waals surface area contributed by atoms with Crippen LogP contribution in [-0.4, -0.2) is 45.1 Å². The second-order valence-corrected chi connectivity index (χ2v) is 8.60. The quantitative estimate of drug-likeness (QED) is 0.859. The maximum atomic E-state index is 12.4. The fourth-order valence-corrected chi connectivity index (χ4v) is 3.62. The average Bonchev–Trinajstić information content (AvgIpc) is 2.99. The van der Waals surface area contributed by atoms with Crippen molar-refractivity contribution in [3.8, 4) is 0 Å². The van der Waals surface area contributed by atoms with E-state index in [2.05, 4.69) is 45.4 Å². The number of anilines is 2. The third kappa shape index (κ3) is 4.09. The number of rotatable bonds is 2. The van der Waals surface area contributed by atoms with Gasteiger partial charge in [-0.15, -0.1) is 0 Å². The summed E-state index contributed by atoms with van der Waals surface area (Å²) in [7, 11) is 2.12. The van der Waals surface area contributed by atoms with Crippen molar-refractivity contribution in [3.63, 3.8) is 0 Å². The molecule has 7 nitrogen and oxygen atoms in total. The van der Waals surface area contributed by atoms with Gasteiger partial charge in [0.25, 0.3) is 0 Å². The molecule has 0 bridgehead atoms. The predicted octanol–water partition coefficient (Wildman–Crippen LogP) is 3.46. The molecule has 4 rings (SSSR count). The van der Waals surface area contributed by atoms with Gasteiger partial charge in [0, 0.05) is 31.5 Å². The predicted molar refractivity (Wildman–Crippen MR) is 107 cm³/mol. The number of fused-ring (bicyclic) bond motifs is 2. The maximum Gasteiger partial charge on any atom is 0.410 e. The lowest BCUT2D eigenvalue weighted by Crippen LogP contribution is -2.40. The number of aromatic nitrogens is 2. The van der Waals surface area contributed by atoms with E-state index < -0.39 is 5.60 Å². The second kappa shape index (κ2) is 7.05. The second-order valence-electron chi connectivity index (χ2n) is 8.60. The molecular formula is C21H27N5O2. The largest absolute Gasteiger partial charge is 0.444 e. The van der Waals surface area contributed by atoms with Crippen LogP contribution in [-0.2, 0) is 30.8 Å². The summed E-state index contributed by atoms with van der Waals surface area (Å²) in [5.74, 6) is 0.552. The Morgan fingerprint density at radius 2 is 1.93 bits per heavy atom. The Kier molecular flexibility index (Phi) is 4.71. The number of carbonyl (C=O) groups is 1. The summed E-state index contributed by atoms with van der Waals surface area (Å²) < 4.78 is 5.49. The van der Waals surface area contributed by atoms with Crippen LogP contribution in [0.4, 0.5) is 16.4 Å². The molecule has 148 valence electrons. The van der Waals surface area contributed by atoms with Crippen LogP contribution < -0.4 is 5.32 Å². The highest BCUT2D eigenvalue weighted by Gasteiger charge is 2.27. The highest BCUT2D eigenvalue weighted by Crippen LogP contribution is 2.26. The van der Waals surface area contributed by atoms with E-state index in [0.717, 1.165) is 36.5 Å². The summed E-state index contributed by atoms with van der Waals surface area (Å²) in [5.41, 5.74) is 5.14. The first-order valence-corrected chi connectivity index (χ1v) is 9.67. The van der Waals surface area contributed by atoms with Gasteiger partial charge in [-0.1, -0.05) is 6.07 Å². The van der Waals surface area contributed by atoms with Crippen molar-refractivity contribution < 1.29 is 9.53 Å². The smallest absolute Gasteiger partial charge is 0.410 e. The summed E-state index contributed by atoms with van der Waals surface area (Å²) in [6.45, 7) is 8.64. The van der Waals surface area contributed by atoms with E-state index in [-0.39, 0.29) is 6.09 Å². The minimum Gasteiger partial charge on any atom is -0.444 e. The van der Waals surface area contributed by atoms with Crippen molar-refractivity contribution in [2.45, 2.75) is 52.4 Å². The molecule has 0 spiro atoms. The molecule has 7 heteroatoms. The van der Waals surface area contributed by atoms with Gasteiger partial charge >= 0.3 is 6.09 Å². The Bertz CT molecular complexity index is 906. The molecule has 1 N–H and O–H groups in total. The van der Waals surface area contributed by atoms with Gasteiger partial charge in [-0.3, -0.25) is 4.90 Å². The zero-order valence-electron chi connectivity index (χ0n) is 17.0. The lowest BCUT2D eigenvalue weighted by atomic mass is 10.1. The molecule has 0 saturated carbocycles. The zero-order valence-corrected chi connectivity index (χ0v) is 17.0. The third-order valence-electron chi connectivity index (χ3n) is 4.94. The van der Waals surface area contributed by atoms with Gasteiger partial charge in [-0.2, -0.15) is 0 Å². The van der Waals surface area contributed by atoms with E-state index in [9.17, 15) is 4.79 Å². The third-order valence-corrected chi connectivity index (χ3v) is 4.94. The van der Waals surface area contributed by atoms with Gasteiger partial charge in [0.2, 0.25) is 5.95 Å². The summed E-state index contributed by atoms with van der Waals surface area (Å²) in [4.78, 5) is 25.5. The Hall–Kier alpha value is -2.67. The number of amides is 1. The Morgan fingerprint density at radius 1 is 1.14 bits per heavy atom. The summed E-state index contributed by atoms with van der Waals surface area (Å²) >= 11 is 0. The molecule has 2 aliphatic heterocycles. The Balaban J connectivity index is 1.48. The van der Waals surface area contributed by atoms with Gasteiger partial charge in [-0.05, 0) is 63.1 Å². The van der Waals surface area contributed by atoms with Crippen molar-refractivity contribution in [3.05, 3.63) is 46.8 Å². The molecule has 28 heavy (non-hydrogen) atoms. The topological polar surface area (TPSA) is 70.6 Å². The van der Waals surface area contributed by atoms with E-state index in [1.165, 1.54) is 11.1 Å². The summed E-state index contributed by atoms with van der Waals surface area (Å²) in [6, 6.07) is 6.38. The highest BCUT2D eigenvalue weighted by molar-refractivity contribution is 5.68. The molecule has 1 aromatic heterocycles. The molecule has 0 radical (unpaired) electrons. The van der Waals surface area contributed by atoms with Gasteiger partial charge in [0.05, 0.1) is 12.2 Å². The fourth-order valence-electron chi connectivity index (χ4n) is 3.62. The number of ether oxygens (including phenoxy) is 1. The van der Waals surface area contributed by atoms with Crippen LogP contribution in [0.2, 0.25) is 0 Å². The summed E-state index contributed by atoms with van der Waals surface area (Å²) in [6.07, 6.45) is 2.30. The lowest BCUT2D eigenvalue weighted by molar-refractivity contribution is 0.0220. The Labute approximate surface area is 165 Å². The van der Waals surface area contributed by atoms with Crippen molar-refractivity contribution >= 4 is 17.7 Å². The number of hydrogen-bond acceptors (Lipinski definition) is 6. The molecule has 2 aromatic rings. The van der Waals surface area contributed by atoms with Crippen molar-refractivity contribution in [2.24, 2.45) is 0 Å². The van der Waals surface area contributed by atoms with Crippen molar-refractivity contribution in [1.82, 2.24) is 19.8 Å². The molecule has 0 saturated heterocycles. The first-order valence-electron chi connectivity index (χ1n) is 9.67. The van der Waals surface area contributed by atoms with Crippen LogP contribution in [0.25, 0.3) is 0 Å². The molecule has 1 amide bonds. The monoisotopic (exact) mass is 381 g/mol. The number of nitrogens with zero attached hydrogens (tertiary/aromatic N) is 4. The van der Waals surface area contributed by atoms with Crippen LogP contribution in [0, 0.1) is 0 Å². The van der Waals surface area contributed by atoms with Crippen LogP contribution in [0.15, 0.2) is 24.4 Å². The minimum absolute atomic E-state index is 0.297. The molecule has 0 atom stereocenters. The fraction of sp³-hybridized carbons (Fsp3) is 0.476. The van der Waals surface area contributed by atoms with Crippen LogP contribution >= 0.6 is 0 Å². The maximum absolute atomic E-state index is 12.4.